The van der Waals surface area contributed by atoms with E-state index in [1.165, 1.54) is 5.56 Å². The zero-order chi connectivity index (χ0) is 17.8. The molecule has 1 aliphatic heterocycles. The second kappa shape index (κ2) is 7.40. The molecule has 1 aliphatic rings. The molecule has 3 N–H and O–H groups in total. The van der Waals surface area contributed by atoms with E-state index in [1.54, 1.807) is 18.5 Å². The van der Waals surface area contributed by atoms with Crippen molar-refractivity contribution in [3.63, 3.8) is 0 Å². The molecule has 1 amide bonds. The Morgan fingerprint density at radius 1 is 1.28 bits per heavy atom. The van der Waals surface area contributed by atoms with Crippen molar-refractivity contribution in [1.82, 2.24) is 25.9 Å². The van der Waals surface area contributed by atoms with E-state index in [4.69, 9.17) is 0 Å². The highest BCUT2D eigenvalue weighted by Crippen LogP contribution is 2.23. The van der Waals surface area contributed by atoms with Gasteiger partial charge in [-0.15, -0.1) is 0 Å². The maximum atomic E-state index is 12.2. The third kappa shape index (κ3) is 3.51. The molecule has 3 rings (SSSR count). The maximum Gasteiger partial charge on any atom is 0.273 e. The Morgan fingerprint density at radius 3 is 2.84 bits per heavy atom. The van der Waals surface area contributed by atoms with Crippen LogP contribution in [0.1, 0.15) is 35.0 Å². The van der Waals surface area contributed by atoms with Crippen molar-refractivity contribution in [1.29, 1.82) is 0 Å². The van der Waals surface area contributed by atoms with E-state index in [1.807, 2.05) is 6.08 Å². The number of nitrogens with zero attached hydrogens (tertiary/aromatic N) is 3. The summed E-state index contributed by atoms with van der Waals surface area (Å²) >= 11 is 0. The summed E-state index contributed by atoms with van der Waals surface area (Å²) in [7, 11) is 0. The summed E-state index contributed by atoms with van der Waals surface area (Å²) in [6, 6.07) is 1.79. The quantitative estimate of drug-likeness (QED) is 0.549. The standard InChI is InChI=1S/C18H22N6O/c1-4-19-7-6-14-11(2)16(22-12(14)3)9-15-17(23-24-18(15)25)13-5-8-20-21-10-13/h5,8-10,19,22H,4,6-7H2,1-3H3,(H,24,25). The summed E-state index contributed by atoms with van der Waals surface area (Å²) in [5.74, 6) is -0.215. The number of hydrogen-bond donors (Lipinski definition) is 3. The summed E-state index contributed by atoms with van der Waals surface area (Å²) in [5.41, 5.74) is 8.91. The lowest BCUT2D eigenvalue weighted by Crippen LogP contribution is -2.16. The highest BCUT2D eigenvalue weighted by molar-refractivity contribution is 6.33. The second-order valence-corrected chi connectivity index (χ2v) is 5.96. The lowest BCUT2D eigenvalue weighted by Gasteiger charge is -2.03. The molecule has 0 saturated carbocycles. The fourth-order valence-electron chi connectivity index (χ4n) is 2.99. The number of carbonyl (C=O) groups is 1. The van der Waals surface area contributed by atoms with Gasteiger partial charge in [-0.3, -0.25) is 4.79 Å². The van der Waals surface area contributed by atoms with Crippen LogP contribution in [0.25, 0.3) is 6.08 Å². The van der Waals surface area contributed by atoms with Gasteiger partial charge in [-0.2, -0.15) is 15.3 Å². The van der Waals surface area contributed by atoms with Crippen LogP contribution in [0.2, 0.25) is 0 Å². The number of hydrogen-bond acceptors (Lipinski definition) is 5. The van der Waals surface area contributed by atoms with Gasteiger partial charge in [0.15, 0.2) is 0 Å². The molecule has 0 aliphatic carbocycles. The summed E-state index contributed by atoms with van der Waals surface area (Å²) < 4.78 is 0. The SMILES string of the molecule is CCNCCc1c(C)[nH]c(C=C2C(=O)NN=C2c2ccnnc2)c1C. The van der Waals surface area contributed by atoms with Gasteiger partial charge in [0.25, 0.3) is 5.91 Å². The van der Waals surface area contributed by atoms with E-state index in [9.17, 15) is 4.79 Å². The van der Waals surface area contributed by atoms with Crippen LogP contribution in [0.4, 0.5) is 0 Å². The normalized spacial score (nSPS) is 15.6. The molecule has 0 aromatic carbocycles. The van der Waals surface area contributed by atoms with Crippen LogP contribution in [0.15, 0.2) is 29.1 Å². The van der Waals surface area contributed by atoms with Gasteiger partial charge >= 0.3 is 0 Å². The molecule has 0 saturated heterocycles. The van der Waals surface area contributed by atoms with Crippen molar-refractivity contribution in [3.8, 4) is 0 Å². The van der Waals surface area contributed by atoms with E-state index >= 15 is 0 Å². The molecule has 7 heteroatoms. The number of H-pyrrole nitrogens is 1. The summed E-state index contributed by atoms with van der Waals surface area (Å²) in [4.78, 5) is 15.6. The molecule has 0 spiro atoms. The van der Waals surface area contributed by atoms with Crippen LogP contribution in [0.5, 0.6) is 0 Å². The Bertz CT molecular complexity index is 835. The minimum Gasteiger partial charge on any atom is -0.359 e. The number of rotatable bonds is 6. The molecule has 25 heavy (non-hydrogen) atoms. The highest BCUT2D eigenvalue weighted by Gasteiger charge is 2.25. The van der Waals surface area contributed by atoms with Crippen molar-refractivity contribution >= 4 is 17.7 Å². The largest absolute Gasteiger partial charge is 0.359 e. The van der Waals surface area contributed by atoms with E-state index < -0.39 is 0 Å². The Labute approximate surface area is 146 Å². The van der Waals surface area contributed by atoms with Crippen LogP contribution >= 0.6 is 0 Å². The van der Waals surface area contributed by atoms with Crippen molar-refractivity contribution in [2.24, 2.45) is 5.10 Å². The second-order valence-electron chi connectivity index (χ2n) is 5.96. The van der Waals surface area contributed by atoms with Gasteiger partial charge in [0, 0.05) is 17.0 Å². The van der Waals surface area contributed by atoms with Crippen molar-refractivity contribution in [3.05, 3.63) is 52.1 Å². The Morgan fingerprint density at radius 2 is 2.12 bits per heavy atom. The Balaban J connectivity index is 1.93. The number of nitrogens with one attached hydrogen (secondary N) is 3. The summed E-state index contributed by atoms with van der Waals surface area (Å²) in [5, 5.41) is 15.1. The Hall–Kier alpha value is -2.80. The first kappa shape index (κ1) is 17.0. The number of likely N-dealkylation sites (N-methyl/N-ethyl adjacent to an activating group) is 1. The van der Waals surface area contributed by atoms with Crippen LogP contribution < -0.4 is 10.7 Å². The number of carbonyl (C=O) groups excluding carboxylic acids is 1. The van der Waals surface area contributed by atoms with Crippen molar-refractivity contribution < 1.29 is 4.79 Å². The smallest absolute Gasteiger partial charge is 0.273 e. The monoisotopic (exact) mass is 338 g/mol. The number of aryl methyl sites for hydroxylation is 1. The van der Waals surface area contributed by atoms with Crippen LogP contribution in [0, 0.1) is 13.8 Å². The van der Waals surface area contributed by atoms with Crippen molar-refractivity contribution in [2.75, 3.05) is 13.1 Å². The first-order valence-corrected chi connectivity index (χ1v) is 8.37. The van der Waals surface area contributed by atoms with Gasteiger partial charge in [-0.25, -0.2) is 5.43 Å². The molecule has 0 atom stereocenters. The predicted octanol–water partition coefficient (Wildman–Crippen LogP) is 1.49. The number of amides is 1. The fraction of sp³-hybridized carbons (Fsp3) is 0.333. The maximum absolute atomic E-state index is 12.2. The molecule has 0 radical (unpaired) electrons. The molecule has 7 nitrogen and oxygen atoms in total. The zero-order valence-electron chi connectivity index (χ0n) is 14.7. The first-order valence-electron chi connectivity index (χ1n) is 8.37. The number of aromatic amines is 1. The molecule has 2 aromatic heterocycles. The third-order valence-corrected chi connectivity index (χ3v) is 4.35. The minimum atomic E-state index is -0.215. The van der Waals surface area contributed by atoms with E-state index in [-0.39, 0.29) is 5.91 Å². The van der Waals surface area contributed by atoms with Gasteiger partial charge < -0.3 is 10.3 Å². The Kier molecular flexibility index (Phi) is 5.04. The minimum absolute atomic E-state index is 0.215. The molecule has 3 heterocycles. The lowest BCUT2D eigenvalue weighted by molar-refractivity contribution is -0.116. The first-order chi connectivity index (χ1) is 12.1. The van der Waals surface area contributed by atoms with Gasteiger partial charge in [-0.1, -0.05) is 6.92 Å². The summed E-state index contributed by atoms with van der Waals surface area (Å²) in [6.07, 6.45) is 6.00. The third-order valence-electron chi connectivity index (χ3n) is 4.35. The zero-order valence-corrected chi connectivity index (χ0v) is 14.7. The molecule has 0 bridgehead atoms. The average Bonchev–Trinajstić information content (AvgIpc) is 3.11. The van der Waals surface area contributed by atoms with Gasteiger partial charge in [-0.05, 0) is 56.6 Å². The van der Waals surface area contributed by atoms with E-state index in [0.717, 1.165) is 42.0 Å². The van der Waals surface area contributed by atoms with Gasteiger partial charge in [0.1, 0.15) is 5.71 Å². The van der Waals surface area contributed by atoms with Gasteiger partial charge in [0.05, 0.1) is 18.0 Å². The van der Waals surface area contributed by atoms with Crippen LogP contribution in [-0.2, 0) is 11.2 Å². The van der Waals surface area contributed by atoms with Crippen LogP contribution in [0.3, 0.4) is 0 Å². The molecule has 130 valence electrons. The van der Waals surface area contributed by atoms with Gasteiger partial charge in [0.2, 0.25) is 0 Å². The molecule has 0 unspecified atom stereocenters. The van der Waals surface area contributed by atoms with E-state index in [2.05, 4.69) is 51.8 Å². The molecule has 0 fully saturated rings. The predicted molar refractivity (Wildman–Crippen MR) is 97.2 cm³/mol. The molecular weight excluding hydrogens is 316 g/mol. The molecule has 2 aromatic rings. The average molecular weight is 338 g/mol. The highest BCUT2D eigenvalue weighted by atomic mass is 16.2. The topological polar surface area (TPSA) is 95.1 Å². The number of hydrazone groups is 1. The van der Waals surface area contributed by atoms with Crippen LogP contribution in [-0.4, -0.2) is 39.9 Å². The lowest BCUT2D eigenvalue weighted by atomic mass is 10.0. The molecular formula is C18H22N6O. The van der Waals surface area contributed by atoms with Crippen molar-refractivity contribution in [2.45, 2.75) is 27.2 Å². The fourth-order valence-corrected chi connectivity index (χ4v) is 2.99. The van der Waals surface area contributed by atoms with E-state index in [0.29, 0.717) is 11.3 Å². The number of aromatic nitrogens is 3. The summed E-state index contributed by atoms with van der Waals surface area (Å²) in [6.45, 7) is 8.13.